The van der Waals surface area contributed by atoms with E-state index < -0.39 is 29.6 Å². The first-order valence-electron chi connectivity index (χ1n) is 8.66. The van der Waals surface area contributed by atoms with Gasteiger partial charge < -0.3 is 16.0 Å². The number of ketones is 2. The average molecular weight is 361 g/mol. The smallest absolute Gasteiger partial charge is 0.249 e. The van der Waals surface area contributed by atoms with E-state index in [2.05, 4.69) is 5.32 Å². The lowest BCUT2D eigenvalue weighted by molar-refractivity contribution is -0.138. The quantitative estimate of drug-likeness (QED) is 0.604. The molecule has 1 unspecified atom stereocenters. The van der Waals surface area contributed by atoms with Gasteiger partial charge in [-0.25, -0.2) is 0 Å². The summed E-state index contributed by atoms with van der Waals surface area (Å²) in [5.74, 6) is -2.06. The minimum absolute atomic E-state index is 0.173. The lowest BCUT2D eigenvalue weighted by atomic mass is 10.0. The topological polar surface area (TPSA) is 110 Å². The van der Waals surface area contributed by atoms with Crippen LogP contribution in [-0.2, 0) is 19.2 Å². The van der Waals surface area contributed by atoms with Crippen LogP contribution >= 0.6 is 0 Å². The van der Waals surface area contributed by atoms with E-state index in [4.69, 9.17) is 5.73 Å². The van der Waals surface area contributed by atoms with E-state index in [0.717, 1.165) is 0 Å². The molecule has 0 heterocycles. The summed E-state index contributed by atoms with van der Waals surface area (Å²) in [6.45, 7) is 1.87. The van der Waals surface area contributed by atoms with Crippen molar-refractivity contribution in [1.82, 2.24) is 10.2 Å². The van der Waals surface area contributed by atoms with Gasteiger partial charge in [0.2, 0.25) is 23.4 Å². The fourth-order valence-corrected chi connectivity index (χ4v) is 2.42. The zero-order chi connectivity index (χ0) is 19.7. The highest BCUT2D eigenvalue weighted by molar-refractivity contribution is 6.39. The molecule has 2 atom stereocenters. The molecule has 1 rings (SSSR count). The predicted molar refractivity (Wildman–Crippen MR) is 98.2 cm³/mol. The molecule has 0 aliphatic heterocycles. The second kappa shape index (κ2) is 10.5. The predicted octanol–water partition coefficient (Wildman–Crippen LogP) is 0.978. The first-order chi connectivity index (χ1) is 12.3. The standard InChI is InChI=1S/C19H27N3O4/c1-4-8-14(20)18(25)15(23)11-12-16(24)21-17(19(26)22(2)3)13-9-6-5-7-10-13/h5-7,9-10,14,17H,4,8,11-12,20H2,1-3H3,(H,21,24)/t14?,17-/m0/s1. The summed E-state index contributed by atoms with van der Waals surface area (Å²) >= 11 is 0. The highest BCUT2D eigenvalue weighted by atomic mass is 16.2. The van der Waals surface area contributed by atoms with E-state index in [9.17, 15) is 19.2 Å². The number of benzene rings is 1. The summed E-state index contributed by atoms with van der Waals surface area (Å²) in [5.41, 5.74) is 6.29. The van der Waals surface area contributed by atoms with Crippen molar-refractivity contribution in [3.05, 3.63) is 35.9 Å². The molecule has 0 fully saturated rings. The Morgan fingerprint density at radius 3 is 2.23 bits per heavy atom. The lowest BCUT2D eigenvalue weighted by Crippen LogP contribution is -2.40. The molecule has 3 N–H and O–H groups in total. The summed E-state index contributed by atoms with van der Waals surface area (Å²) in [5, 5.41) is 2.64. The van der Waals surface area contributed by atoms with E-state index in [0.29, 0.717) is 18.4 Å². The Morgan fingerprint density at radius 1 is 1.08 bits per heavy atom. The molecule has 0 aliphatic rings. The molecule has 0 spiro atoms. The number of hydrogen-bond acceptors (Lipinski definition) is 5. The Labute approximate surface area is 153 Å². The van der Waals surface area contributed by atoms with Gasteiger partial charge in [-0.05, 0) is 12.0 Å². The van der Waals surface area contributed by atoms with Gasteiger partial charge in [0.05, 0.1) is 6.04 Å². The Balaban J connectivity index is 2.69. The summed E-state index contributed by atoms with van der Waals surface area (Å²) in [6.07, 6.45) is 0.740. The van der Waals surface area contributed by atoms with Crippen molar-refractivity contribution in [2.75, 3.05) is 14.1 Å². The fraction of sp³-hybridized carbons (Fsp3) is 0.474. The summed E-state index contributed by atoms with van der Waals surface area (Å²) in [6, 6.07) is 7.18. The van der Waals surface area contributed by atoms with Crippen LogP contribution in [0.2, 0.25) is 0 Å². The van der Waals surface area contributed by atoms with Crippen molar-refractivity contribution in [2.24, 2.45) is 5.73 Å². The number of hydrogen-bond donors (Lipinski definition) is 2. The zero-order valence-electron chi connectivity index (χ0n) is 15.5. The highest BCUT2D eigenvalue weighted by Crippen LogP contribution is 2.15. The largest absolute Gasteiger partial charge is 0.347 e. The minimum atomic E-state index is -0.841. The molecule has 0 aromatic heterocycles. The highest BCUT2D eigenvalue weighted by Gasteiger charge is 2.25. The number of rotatable bonds is 10. The molecule has 26 heavy (non-hydrogen) atoms. The van der Waals surface area contributed by atoms with Gasteiger partial charge in [-0.15, -0.1) is 0 Å². The fourth-order valence-electron chi connectivity index (χ4n) is 2.42. The molecule has 1 aromatic rings. The first kappa shape index (κ1) is 21.5. The summed E-state index contributed by atoms with van der Waals surface area (Å²) < 4.78 is 0. The number of amides is 2. The van der Waals surface area contributed by atoms with Gasteiger partial charge in [0.25, 0.3) is 0 Å². The van der Waals surface area contributed by atoms with Crippen LogP contribution in [0.4, 0.5) is 0 Å². The minimum Gasteiger partial charge on any atom is -0.347 e. The molecule has 0 aliphatic carbocycles. The SMILES string of the molecule is CCCC(N)C(=O)C(=O)CCC(=O)N[C@H](C(=O)N(C)C)c1ccccc1. The maximum atomic E-state index is 12.4. The number of nitrogens with two attached hydrogens (primary N) is 1. The van der Waals surface area contributed by atoms with Gasteiger partial charge in [0.15, 0.2) is 0 Å². The van der Waals surface area contributed by atoms with Crippen LogP contribution in [0.15, 0.2) is 30.3 Å². The molecule has 7 heteroatoms. The third kappa shape index (κ3) is 6.40. The van der Waals surface area contributed by atoms with Crippen molar-refractivity contribution >= 4 is 23.4 Å². The van der Waals surface area contributed by atoms with E-state index >= 15 is 0 Å². The van der Waals surface area contributed by atoms with Gasteiger partial charge >= 0.3 is 0 Å². The lowest BCUT2D eigenvalue weighted by Gasteiger charge is -2.22. The van der Waals surface area contributed by atoms with Gasteiger partial charge in [-0.1, -0.05) is 43.7 Å². The van der Waals surface area contributed by atoms with Crippen LogP contribution in [0, 0.1) is 0 Å². The molecule has 1 aromatic carbocycles. The van der Waals surface area contributed by atoms with Crippen molar-refractivity contribution in [2.45, 2.75) is 44.7 Å². The summed E-state index contributed by atoms with van der Waals surface area (Å²) in [4.78, 5) is 49.6. The van der Waals surface area contributed by atoms with E-state index in [-0.39, 0.29) is 18.7 Å². The van der Waals surface area contributed by atoms with E-state index in [1.165, 1.54) is 4.90 Å². The zero-order valence-corrected chi connectivity index (χ0v) is 15.5. The Kier molecular flexibility index (Phi) is 8.64. The maximum Gasteiger partial charge on any atom is 0.249 e. The van der Waals surface area contributed by atoms with Crippen molar-refractivity contribution in [1.29, 1.82) is 0 Å². The Bertz CT molecular complexity index is 643. The third-order valence-corrected chi connectivity index (χ3v) is 3.92. The number of Topliss-reactive ketones (excluding diaryl/α,β-unsaturated/α-hetero) is 2. The molecule has 0 saturated carbocycles. The number of carbonyl (C=O) groups excluding carboxylic acids is 4. The number of likely N-dealkylation sites (N-methyl/N-ethyl adjacent to an activating group) is 1. The van der Waals surface area contributed by atoms with Crippen molar-refractivity contribution < 1.29 is 19.2 Å². The number of nitrogens with zero attached hydrogens (tertiary/aromatic N) is 1. The van der Waals surface area contributed by atoms with Crippen LogP contribution < -0.4 is 11.1 Å². The molecular formula is C19H27N3O4. The van der Waals surface area contributed by atoms with Crippen LogP contribution in [0.5, 0.6) is 0 Å². The van der Waals surface area contributed by atoms with E-state index in [1.807, 2.05) is 13.0 Å². The summed E-state index contributed by atoms with van der Waals surface area (Å²) in [7, 11) is 3.20. The van der Waals surface area contributed by atoms with Crippen LogP contribution in [0.3, 0.4) is 0 Å². The van der Waals surface area contributed by atoms with Crippen LogP contribution in [-0.4, -0.2) is 48.4 Å². The van der Waals surface area contributed by atoms with E-state index in [1.54, 1.807) is 38.4 Å². The number of nitrogens with one attached hydrogen (secondary N) is 1. The molecule has 7 nitrogen and oxygen atoms in total. The van der Waals surface area contributed by atoms with Crippen molar-refractivity contribution in [3.63, 3.8) is 0 Å². The number of carbonyl (C=O) groups is 4. The van der Waals surface area contributed by atoms with Crippen LogP contribution in [0.25, 0.3) is 0 Å². The van der Waals surface area contributed by atoms with Crippen LogP contribution in [0.1, 0.15) is 44.2 Å². The molecule has 0 saturated heterocycles. The van der Waals surface area contributed by atoms with Gasteiger partial charge in [-0.3, -0.25) is 19.2 Å². The first-order valence-corrected chi connectivity index (χ1v) is 8.66. The third-order valence-electron chi connectivity index (χ3n) is 3.92. The van der Waals surface area contributed by atoms with Gasteiger partial charge in [0, 0.05) is 26.9 Å². The molecule has 142 valence electrons. The second-order valence-corrected chi connectivity index (χ2v) is 6.33. The molecule has 0 bridgehead atoms. The Morgan fingerprint density at radius 2 is 1.69 bits per heavy atom. The van der Waals surface area contributed by atoms with Gasteiger partial charge in [0.1, 0.15) is 6.04 Å². The monoisotopic (exact) mass is 361 g/mol. The normalized spacial score (nSPS) is 12.8. The molecule has 0 radical (unpaired) electrons. The Hall–Kier alpha value is -2.54. The molecule has 2 amide bonds. The maximum absolute atomic E-state index is 12.4. The second-order valence-electron chi connectivity index (χ2n) is 6.33. The molecular weight excluding hydrogens is 334 g/mol. The average Bonchev–Trinajstić information content (AvgIpc) is 2.63. The van der Waals surface area contributed by atoms with Gasteiger partial charge in [-0.2, -0.15) is 0 Å². The van der Waals surface area contributed by atoms with Crippen molar-refractivity contribution in [3.8, 4) is 0 Å².